The Morgan fingerprint density at radius 2 is 0.721 bits per heavy atom. The molecule has 9 saturated heterocycles. The van der Waals surface area contributed by atoms with E-state index in [-0.39, 0.29) is 115 Å². The largest absolute Gasteiger partial charge is 0.437 e. The average molecular weight is 2070 g/mol. The number of halogens is 20. The number of ether oxygens (including phenoxy) is 4. The van der Waals surface area contributed by atoms with Gasteiger partial charge in [0, 0.05) is 240 Å². The molecule has 0 bridgehead atoms. The summed E-state index contributed by atoms with van der Waals surface area (Å²) in [5, 5.41) is 1.30. The fourth-order valence-corrected chi connectivity index (χ4v) is 21.0. The first-order valence-electron chi connectivity index (χ1n) is 44.1. The second-order valence-corrected chi connectivity index (χ2v) is 41.4. The van der Waals surface area contributed by atoms with Crippen molar-refractivity contribution < 1.29 is 142 Å². The van der Waals surface area contributed by atoms with Crippen molar-refractivity contribution in [2.45, 2.75) is 179 Å². The zero-order valence-electron chi connectivity index (χ0n) is 75.4. The van der Waals surface area contributed by atoms with E-state index in [1.54, 1.807) is 36.0 Å². The summed E-state index contributed by atoms with van der Waals surface area (Å²) in [6, 6.07) is 18.5. The van der Waals surface area contributed by atoms with Crippen molar-refractivity contribution in [3.63, 3.8) is 0 Å². The van der Waals surface area contributed by atoms with Crippen LogP contribution in [-0.2, 0) is 94.1 Å². The maximum atomic E-state index is 13.9. The van der Waals surface area contributed by atoms with Crippen LogP contribution >= 0.6 is 23.2 Å². The Labute approximate surface area is 787 Å². The molecule has 766 valence electrons. The molecule has 0 spiro atoms. The van der Waals surface area contributed by atoms with Gasteiger partial charge >= 0.3 is 61.4 Å². The lowest BCUT2D eigenvalue weighted by atomic mass is 10.0. The zero-order valence-corrected chi connectivity index (χ0v) is 79.4. The lowest BCUT2D eigenvalue weighted by molar-refractivity contribution is -0.200. The molecule has 0 aromatic heterocycles. The van der Waals surface area contributed by atoms with Crippen molar-refractivity contribution in [1.82, 2.24) is 57.8 Å². The number of rotatable bonds is 22. The highest BCUT2D eigenvalue weighted by Gasteiger charge is 2.47. The van der Waals surface area contributed by atoms with E-state index in [0.29, 0.717) is 119 Å². The Morgan fingerprint density at radius 3 is 1.05 bits per heavy atom. The van der Waals surface area contributed by atoms with Crippen LogP contribution < -0.4 is 24.1 Å². The minimum atomic E-state index is -4.69. The Balaban J connectivity index is 0.000000188. The minimum absolute atomic E-state index is 0.00298. The second-order valence-electron chi connectivity index (χ2n) is 35.0. The van der Waals surface area contributed by atoms with Crippen LogP contribution in [-0.4, -0.2) is 347 Å². The van der Waals surface area contributed by atoms with Crippen LogP contribution in [0, 0.1) is 0 Å². The number of amides is 4. The van der Waals surface area contributed by atoms with Crippen molar-refractivity contribution in [3.8, 4) is 0 Å². The van der Waals surface area contributed by atoms with Gasteiger partial charge in [-0.25, -0.2) is 53.9 Å². The van der Waals surface area contributed by atoms with Gasteiger partial charge in [0.1, 0.15) is 0 Å². The number of nitrogens with zero attached hydrogens (tertiary/aromatic N) is 13. The van der Waals surface area contributed by atoms with Gasteiger partial charge in [-0.2, -0.15) is 83.3 Å². The van der Waals surface area contributed by atoms with Gasteiger partial charge < -0.3 is 53.2 Å². The minimum Gasteiger partial charge on any atom is -0.437 e. The number of anilines is 3. The molecular weight excluding hydrogens is 1950 g/mol. The number of hydrogen-bond acceptors (Lipinski definition) is 22. The highest BCUT2D eigenvalue weighted by molar-refractivity contribution is 7.89. The third-order valence-corrected chi connectivity index (χ3v) is 28.5. The number of piperazine rings is 4. The molecule has 2 N–H and O–H groups in total. The quantitative estimate of drug-likeness (QED) is 0.0546. The molecule has 4 unspecified atom stereocenters. The SMILES string of the molecule is CC(OC(=O)N1CCN(Cc2c(N3CC[C@@H](NS(C)(=O)=O)C3)cccc2C(F)(F)F)CC1)C(F)(F)F.CC(OC(=O)N1CCN(Cc2c(N3CC[C@H](NS(C)(=O)=O)C3)cccc2C(F)(F)F)CC1)C(F)(F)F.CC(OC(=O)N1CCN(Cc2cc(Cl)cc(CN3CCCC3)c2)CC1)C(F)(F)F.CC(OC(=O)N1CCN(Cc2ccc(Cl)cc2N2CC[C@H](N3CCCS3(=O)=O)C2)CC1)C(F)(F)F. The Morgan fingerprint density at radius 1 is 0.390 bits per heavy atom. The van der Waals surface area contributed by atoms with Gasteiger partial charge in [0.2, 0.25) is 30.1 Å². The predicted octanol–water partition coefficient (Wildman–Crippen LogP) is 13.4. The monoisotopic (exact) mass is 2060 g/mol. The first kappa shape index (κ1) is 110. The van der Waals surface area contributed by atoms with Crippen LogP contribution in [0.25, 0.3) is 0 Å². The number of hydrogen-bond donors (Lipinski definition) is 2. The summed E-state index contributed by atoms with van der Waals surface area (Å²) in [7, 11) is -10.1. The Hall–Kier alpha value is -7.79. The normalized spacial score (nSPS) is 21.8. The van der Waals surface area contributed by atoms with Crippen molar-refractivity contribution in [2.24, 2.45) is 0 Å². The summed E-state index contributed by atoms with van der Waals surface area (Å²) in [4.78, 5) is 68.6. The lowest BCUT2D eigenvalue weighted by Crippen LogP contribution is -2.50. The number of carbonyl (C=O) groups excluding carboxylic acids is 4. The number of sulfonamides is 3. The van der Waals surface area contributed by atoms with E-state index in [4.69, 9.17) is 23.2 Å². The third kappa shape index (κ3) is 32.6. The van der Waals surface area contributed by atoms with Gasteiger partial charge in [0.05, 0.1) is 29.4 Å². The van der Waals surface area contributed by atoms with Gasteiger partial charge in [0.15, 0.2) is 24.4 Å². The zero-order chi connectivity index (χ0) is 100. The second kappa shape index (κ2) is 46.3. The Kier molecular flexibility index (Phi) is 37.5. The molecule has 9 aliphatic heterocycles. The number of carbonyl (C=O) groups is 4. The molecule has 29 nitrogen and oxygen atoms in total. The van der Waals surface area contributed by atoms with E-state index in [1.807, 2.05) is 30.3 Å². The summed E-state index contributed by atoms with van der Waals surface area (Å²) in [6.07, 6.45) is -33.9. The van der Waals surface area contributed by atoms with Crippen LogP contribution in [0.15, 0.2) is 72.8 Å². The number of nitrogens with one attached hydrogen (secondary N) is 2. The summed E-state index contributed by atoms with van der Waals surface area (Å²) >= 11 is 12.6. The standard InChI is InChI=1S/C22H30ClF3N4O4S.2C21H28F6N4O4S.C20H27ClF3N3O2/c1-16(22(24,25)26)34-21(31)28-10-8-27(9-11-28)14-17-3-4-18(23)13-20(17)29-7-5-19(15-29)30-6-2-12-35(30,32)33;2*1-14(20(22,23)24)35-19(32)30-10-8-29(9-11-30)13-16-17(21(25,26)27)4-3-5-18(16)31-7-6-15(12-31)28-36(2,33)34;1-15(20(22,23)24)29-19(28)27-8-6-26(7-9-27)14-17-10-16(11-18(21)12-17)13-25-4-2-3-5-25/h3-4,13,16,19H,2,5-12,14-15H2,1H3;2*3-5,14-15,28H,6-13H2,1-2H3;10-12,15H,2-9,13-14H2,1H3/t16?,19-;2*14?,15-;/m010./s1. The van der Waals surface area contributed by atoms with E-state index in [1.165, 1.54) is 40.3 Å². The summed E-state index contributed by atoms with van der Waals surface area (Å²) in [5.41, 5.74) is 3.36. The maximum Gasteiger partial charge on any atom is 0.425 e. The van der Waals surface area contributed by atoms with Crippen molar-refractivity contribution in [1.29, 1.82) is 0 Å². The summed E-state index contributed by atoms with van der Waals surface area (Å²) in [6.45, 7) is 14.2. The van der Waals surface area contributed by atoms with Gasteiger partial charge in [0.25, 0.3) is 0 Å². The molecule has 4 aromatic carbocycles. The molecule has 4 aromatic rings. The molecule has 7 atom stereocenters. The lowest BCUT2D eigenvalue weighted by Gasteiger charge is -2.36. The van der Waals surface area contributed by atoms with Crippen LogP contribution in [0.4, 0.5) is 115 Å². The molecule has 9 fully saturated rings. The first-order chi connectivity index (χ1) is 63.2. The van der Waals surface area contributed by atoms with Gasteiger partial charge in [-0.1, -0.05) is 47.5 Å². The molecule has 52 heteroatoms. The van der Waals surface area contributed by atoms with Crippen LogP contribution in [0.1, 0.15) is 105 Å². The smallest absolute Gasteiger partial charge is 0.425 e. The topological polar surface area (TPSA) is 274 Å². The Bertz CT molecular complexity index is 4880. The van der Waals surface area contributed by atoms with Gasteiger partial charge in [-0.05, 0) is 145 Å². The number of likely N-dealkylation sites (tertiary alicyclic amines) is 1. The molecule has 9 aliphatic rings. The number of alkyl halides is 18. The van der Waals surface area contributed by atoms with E-state index < -0.39 is 139 Å². The van der Waals surface area contributed by atoms with Crippen LogP contribution in [0.3, 0.4) is 0 Å². The highest BCUT2D eigenvalue weighted by atomic mass is 35.5. The molecule has 4 amide bonds. The molecule has 0 radical (unpaired) electrons. The molecule has 136 heavy (non-hydrogen) atoms. The van der Waals surface area contributed by atoms with Crippen molar-refractivity contribution in [3.05, 3.63) is 122 Å². The molecular formula is C84H113Cl2F18N15O14S3. The van der Waals surface area contributed by atoms with Crippen molar-refractivity contribution in [2.75, 3.05) is 197 Å². The van der Waals surface area contributed by atoms with E-state index >= 15 is 0 Å². The number of benzene rings is 4. The first-order valence-corrected chi connectivity index (χ1v) is 50.2. The third-order valence-electron chi connectivity index (χ3n) is 24.5. The fraction of sp³-hybridized carbons (Fsp3) is 0.667. The maximum absolute atomic E-state index is 13.9. The van der Waals surface area contributed by atoms with E-state index in [2.05, 4.69) is 54.1 Å². The van der Waals surface area contributed by atoms with E-state index in [0.717, 1.165) is 112 Å². The molecule has 0 saturated carbocycles. The fourth-order valence-electron chi connectivity index (χ4n) is 17.2. The van der Waals surface area contributed by atoms with E-state index in [9.17, 15) is 123 Å². The average Bonchev–Trinajstić information content (AvgIpc) is 1.36. The van der Waals surface area contributed by atoms with Crippen LogP contribution in [0.2, 0.25) is 10.0 Å². The molecule has 0 aliphatic carbocycles. The summed E-state index contributed by atoms with van der Waals surface area (Å²) in [5.74, 6) is 0.209. The molecule has 9 heterocycles. The van der Waals surface area contributed by atoms with Gasteiger partial charge in [-0.3, -0.25) is 24.5 Å². The van der Waals surface area contributed by atoms with Crippen LogP contribution in [0.5, 0.6) is 0 Å². The molecule has 13 rings (SSSR count). The predicted molar refractivity (Wildman–Crippen MR) is 469 cm³/mol. The van der Waals surface area contributed by atoms with Gasteiger partial charge in [-0.15, -0.1) is 0 Å². The van der Waals surface area contributed by atoms with Crippen molar-refractivity contribution >= 4 is 94.7 Å². The highest BCUT2D eigenvalue weighted by Crippen LogP contribution is 2.42. The summed E-state index contributed by atoms with van der Waals surface area (Å²) < 4.78 is 330.